The highest BCUT2D eigenvalue weighted by molar-refractivity contribution is 5.33. The molecule has 0 aromatic carbocycles. The maximum atomic E-state index is 5.14. The normalized spacial score (nSPS) is 8.86. The fourth-order valence-electron chi connectivity index (χ4n) is 0.594. The monoisotopic (exact) mass is 195 g/mol. The quantitative estimate of drug-likeness (QED) is 0.392. The Morgan fingerprint density at radius 3 is 1.64 bits per heavy atom. The molecule has 0 aliphatic carbocycles. The Balaban J connectivity index is 0.000000165. The summed E-state index contributed by atoms with van der Waals surface area (Å²) in [6, 6.07) is 0. The number of rotatable bonds is 0. The van der Waals surface area contributed by atoms with Gasteiger partial charge in [-0.2, -0.15) is 20.1 Å². The van der Waals surface area contributed by atoms with Crippen molar-refractivity contribution in [3.8, 4) is 0 Å². The summed E-state index contributed by atoms with van der Waals surface area (Å²) in [5.74, 6) is 0.125. The van der Waals surface area contributed by atoms with Crippen LogP contribution < -0.4 is 17.2 Å². The second-order valence-corrected chi connectivity index (χ2v) is 2.06. The van der Waals surface area contributed by atoms with E-state index in [9.17, 15) is 0 Å². The van der Waals surface area contributed by atoms with E-state index >= 15 is 0 Å². The molecule has 9 nitrogen and oxygen atoms in total. The summed E-state index contributed by atoms with van der Waals surface area (Å²) in [5, 5.41) is 5.99. The van der Waals surface area contributed by atoms with Crippen molar-refractivity contribution in [3.05, 3.63) is 12.7 Å². The highest BCUT2D eigenvalue weighted by Crippen LogP contribution is 1.97. The fourth-order valence-corrected chi connectivity index (χ4v) is 0.594. The first-order valence-corrected chi connectivity index (χ1v) is 3.49. The highest BCUT2D eigenvalue weighted by Gasteiger charge is 1.93. The standard InChI is InChI=1S/C3H6N6.C2H3N3/c4-1-7-2(5)9-3(6)8-1;1-3-2-5-4-1/h(H6,4,5,6,7,8,9);1-2H,(H,3,4,5). The van der Waals surface area contributed by atoms with Crippen LogP contribution in [0.4, 0.5) is 17.8 Å². The molecule has 2 aromatic rings. The number of nitrogen functional groups attached to an aromatic ring is 3. The van der Waals surface area contributed by atoms with Crippen LogP contribution in [0.2, 0.25) is 0 Å². The molecule has 0 fully saturated rings. The van der Waals surface area contributed by atoms with Gasteiger partial charge in [0, 0.05) is 0 Å². The van der Waals surface area contributed by atoms with Crippen molar-refractivity contribution >= 4 is 17.8 Å². The number of H-pyrrole nitrogens is 1. The van der Waals surface area contributed by atoms with Crippen LogP contribution >= 0.6 is 0 Å². The second-order valence-electron chi connectivity index (χ2n) is 2.06. The van der Waals surface area contributed by atoms with Crippen LogP contribution in [0.5, 0.6) is 0 Å². The van der Waals surface area contributed by atoms with Crippen molar-refractivity contribution in [1.82, 2.24) is 30.1 Å². The molecule has 0 unspecified atom stereocenters. The van der Waals surface area contributed by atoms with Gasteiger partial charge in [0.05, 0.1) is 0 Å². The van der Waals surface area contributed by atoms with Crippen LogP contribution in [0, 0.1) is 0 Å². The molecule has 74 valence electrons. The van der Waals surface area contributed by atoms with Crippen LogP contribution in [-0.4, -0.2) is 30.1 Å². The highest BCUT2D eigenvalue weighted by atomic mass is 15.2. The summed E-state index contributed by atoms with van der Waals surface area (Å²) in [4.78, 5) is 14.0. The zero-order chi connectivity index (χ0) is 10.4. The summed E-state index contributed by atoms with van der Waals surface area (Å²) >= 11 is 0. The maximum absolute atomic E-state index is 5.14. The molecular formula is C5H9N9. The first-order valence-electron chi connectivity index (χ1n) is 3.49. The number of nitrogens with two attached hydrogens (primary N) is 3. The number of hydrogen-bond donors (Lipinski definition) is 4. The van der Waals surface area contributed by atoms with Gasteiger partial charge in [0.25, 0.3) is 0 Å². The van der Waals surface area contributed by atoms with E-state index < -0.39 is 0 Å². The first-order chi connectivity index (χ1) is 6.68. The van der Waals surface area contributed by atoms with Crippen LogP contribution in [-0.2, 0) is 0 Å². The van der Waals surface area contributed by atoms with Gasteiger partial charge in [-0.05, 0) is 0 Å². The number of anilines is 3. The predicted octanol–water partition coefficient (Wildman–Crippen LogP) is -1.58. The van der Waals surface area contributed by atoms with Gasteiger partial charge >= 0.3 is 0 Å². The summed E-state index contributed by atoms with van der Waals surface area (Å²) in [6.45, 7) is 0. The number of nitrogens with zero attached hydrogens (tertiary/aromatic N) is 5. The summed E-state index contributed by atoms with van der Waals surface area (Å²) < 4.78 is 0. The van der Waals surface area contributed by atoms with Crippen LogP contribution in [0.1, 0.15) is 0 Å². The van der Waals surface area contributed by atoms with Gasteiger partial charge in [-0.25, -0.2) is 4.98 Å². The van der Waals surface area contributed by atoms with Crippen molar-refractivity contribution < 1.29 is 0 Å². The van der Waals surface area contributed by atoms with E-state index in [2.05, 4.69) is 30.1 Å². The molecule has 0 radical (unpaired) electrons. The Labute approximate surface area is 78.8 Å². The molecule has 2 aromatic heterocycles. The van der Waals surface area contributed by atoms with Crippen molar-refractivity contribution in [1.29, 1.82) is 0 Å². The predicted molar refractivity (Wildman–Crippen MR) is 49.4 cm³/mol. The molecule has 14 heavy (non-hydrogen) atoms. The molecule has 7 N–H and O–H groups in total. The maximum Gasteiger partial charge on any atom is 0.226 e. The third kappa shape index (κ3) is 3.30. The topological polar surface area (TPSA) is 158 Å². The van der Waals surface area contributed by atoms with Crippen LogP contribution in [0.3, 0.4) is 0 Å². The van der Waals surface area contributed by atoms with E-state index in [4.69, 9.17) is 17.2 Å². The zero-order valence-corrected chi connectivity index (χ0v) is 7.12. The second kappa shape index (κ2) is 4.54. The third-order valence-corrected chi connectivity index (χ3v) is 1.02. The van der Waals surface area contributed by atoms with Gasteiger partial charge in [-0.3, -0.25) is 5.10 Å². The van der Waals surface area contributed by atoms with Gasteiger partial charge in [0.2, 0.25) is 17.8 Å². The Hall–Kier alpha value is -2.45. The molecule has 0 aliphatic rings. The lowest BCUT2D eigenvalue weighted by Crippen LogP contribution is -2.05. The van der Waals surface area contributed by atoms with E-state index in [0.717, 1.165) is 0 Å². The summed E-state index contributed by atoms with van der Waals surface area (Å²) in [6.07, 6.45) is 2.96. The van der Waals surface area contributed by atoms with E-state index in [1.54, 1.807) is 0 Å². The molecule has 9 heteroatoms. The van der Waals surface area contributed by atoms with Gasteiger partial charge in [-0.1, -0.05) is 0 Å². The molecule has 2 heterocycles. The Morgan fingerprint density at radius 1 is 0.929 bits per heavy atom. The molecule has 0 aliphatic heterocycles. The van der Waals surface area contributed by atoms with Crippen molar-refractivity contribution in [2.75, 3.05) is 17.2 Å². The van der Waals surface area contributed by atoms with Crippen LogP contribution in [0.25, 0.3) is 0 Å². The lowest BCUT2D eigenvalue weighted by atomic mass is 10.9. The Kier molecular flexibility index (Phi) is 3.13. The third-order valence-electron chi connectivity index (χ3n) is 1.02. The molecule has 0 saturated heterocycles. The van der Waals surface area contributed by atoms with Crippen molar-refractivity contribution in [2.45, 2.75) is 0 Å². The number of aromatic nitrogens is 6. The average Bonchev–Trinajstić information content (AvgIpc) is 2.56. The minimum Gasteiger partial charge on any atom is -0.368 e. The SMILES string of the molecule is Nc1nc(N)nc(N)n1.c1nc[nH]n1. The minimum atomic E-state index is 0.0417. The molecule has 0 spiro atoms. The molecule has 2 rings (SSSR count). The van der Waals surface area contributed by atoms with E-state index in [1.807, 2.05) is 0 Å². The van der Waals surface area contributed by atoms with Crippen molar-refractivity contribution in [2.24, 2.45) is 0 Å². The largest absolute Gasteiger partial charge is 0.368 e. The average molecular weight is 195 g/mol. The van der Waals surface area contributed by atoms with Crippen LogP contribution in [0.15, 0.2) is 12.7 Å². The molecule has 0 bridgehead atoms. The number of nitrogens with one attached hydrogen (secondary N) is 1. The Bertz CT molecular complexity index is 301. The van der Waals surface area contributed by atoms with E-state index in [1.165, 1.54) is 12.7 Å². The van der Waals surface area contributed by atoms with Gasteiger partial charge in [-0.15, -0.1) is 0 Å². The van der Waals surface area contributed by atoms with Gasteiger partial charge in [0.15, 0.2) is 0 Å². The van der Waals surface area contributed by atoms with E-state index in [-0.39, 0.29) is 17.8 Å². The van der Waals surface area contributed by atoms with Gasteiger partial charge < -0.3 is 17.2 Å². The van der Waals surface area contributed by atoms with Gasteiger partial charge in [0.1, 0.15) is 12.7 Å². The minimum absolute atomic E-state index is 0.0417. The molecular weight excluding hydrogens is 186 g/mol. The molecule has 0 amide bonds. The summed E-state index contributed by atoms with van der Waals surface area (Å²) in [5.41, 5.74) is 15.4. The van der Waals surface area contributed by atoms with Crippen molar-refractivity contribution in [3.63, 3.8) is 0 Å². The summed E-state index contributed by atoms with van der Waals surface area (Å²) in [7, 11) is 0. The number of aromatic amines is 1. The lowest BCUT2D eigenvalue weighted by molar-refractivity contribution is 1.09. The zero-order valence-electron chi connectivity index (χ0n) is 7.12. The number of hydrogen-bond acceptors (Lipinski definition) is 8. The lowest BCUT2D eigenvalue weighted by Gasteiger charge is -1.93. The Morgan fingerprint density at radius 2 is 1.43 bits per heavy atom. The molecule has 0 atom stereocenters. The smallest absolute Gasteiger partial charge is 0.226 e. The molecule has 0 saturated carbocycles. The first kappa shape index (κ1) is 9.64. The fraction of sp³-hybridized carbons (Fsp3) is 0. The van der Waals surface area contributed by atoms with E-state index in [0.29, 0.717) is 0 Å².